The summed E-state index contributed by atoms with van der Waals surface area (Å²) in [5.41, 5.74) is 1.65. The van der Waals surface area contributed by atoms with Gasteiger partial charge in [-0.3, -0.25) is 9.89 Å². The van der Waals surface area contributed by atoms with E-state index in [1.165, 1.54) is 5.56 Å². The van der Waals surface area contributed by atoms with Gasteiger partial charge in [0.25, 0.3) is 0 Å². The number of morpholine rings is 1. The molecule has 6 nitrogen and oxygen atoms in total. The van der Waals surface area contributed by atoms with E-state index in [4.69, 9.17) is 9.47 Å². The van der Waals surface area contributed by atoms with E-state index in [-0.39, 0.29) is 17.0 Å². The van der Waals surface area contributed by atoms with Crippen molar-refractivity contribution in [3.05, 3.63) is 29.8 Å². The largest absolute Gasteiger partial charge is 0.497 e. The van der Waals surface area contributed by atoms with Crippen molar-refractivity contribution in [3.8, 4) is 5.75 Å². The third-order valence-electron chi connectivity index (χ3n) is 6.79. The van der Waals surface area contributed by atoms with Crippen LogP contribution in [-0.2, 0) is 4.74 Å². The molecule has 1 aromatic carbocycles. The Hall–Kier alpha value is -1.79. The zero-order valence-electron chi connectivity index (χ0n) is 18.3. The van der Waals surface area contributed by atoms with Gasteiger partial charge < -0.3 is 19.7 Å². The number of nitrogens with zero attached hydrogens (tertiary/aromatic N) is 3. The molecule has 1 N–H and O–H groups in total. The van der Waals surface area contributed by atoms with Gasteiger partial charge in [0.05, 0.1) is 26.4 Å². The van der Waals surface area contributed by atoms with E-state index in [0.717, 1.165) is 51.1 Å². The fourth-order valence-corrected chi connectivity index (χ4v) is 4.06. The van der Waals surface area contributed by atoms with Gasteiger partial charge in [-0.1, -0.05) is 26.0 Å². The lowest BCUT2D eigenvalue weighted by Gasteiger charge is -2.62. The molecule has 1 aromatic rings. The standard InChI is InChI=1S/C22H36N4O2/c1-21(2)16-26(22(21,3)4)20(23-5)24-15-19(25-11-13-28-14-12-25)17-7-9-18(27-6)10-8-17/h7-10,19H,11-16H2,1-6H3,(H,23,24). The number of hydrogen-bond acceptors (Lipinski definition) is 4. The fourth-order valence-electron chi connectivity index (χ4n) is 4.06. The molecule has 2 heterocycles. The van der Waals surface area contributed by atoms with Gasteiger partial charge in [-0.15, -0.1) is 0 Å². The summed E-state index contributed by atoms with van der Waals surface area (Å²) in [5.74, 6) is 1.87. The van der Waals surface area contributed by atoms with Gasteiger partial charge in [-0.05, 0) is 31.5 Å². The number of nitrogens with one attached hydrogen (secondary N) is 1. The van der Waals surface area contributed by atoms with Crippen LogP contribution in [0.3, 0.4) is 0 Å². The first-order valence-electron chi connectivity index (χ1n) is 10.2. The first-order chi connectivity index (χ1) is 13.3. The Labute approximate surface area is 169 Å². The molecule has 2 aliphatic rings. The molecule has 2 fully saturated rings. The molecule has 0 aromatic heterocycles. The van der Waals surface area contributed by atoms with Gasteiger partial charge >= 0.3 is 0 Å². The summed E-state index contributed by atoms with van der Waals surface area (Å²) >= 11 is 0. The van der Waals surface area contributed by atoms with Gasteiger partial charge in [0.15, 0.2) is 5.96 Å². The van der Waals surface area contributed by atoms with Crippen LogP contribution in [0, 0.1) is 5.41 Å². The van der Waals surface area contributed by atoms with Crippen LogP contribution in [0.25, 0.3) is 0 Å². The first-order valence-corrected chi connectivity index (χ1v) is 10.2. The highest BCUT2D eigenvalue weighted by molar-refractivity contribution is 5.82. The van der Waals surface area contributed by atoms with Crippen molar-refractivity contribution >= 4 is 5.96 Å². The van der Waals surface area contributed by atoms with Crippen LogP contribution in [0.1, 0.15) is 39.3 Å². The van der Waals surface area contributed by atoms with Crippen molar-refractivity contribution in [1.29, 1.82) is 0 Å². The lowest BCUT2D eigenvalue weighted by Crippen LogP contribution is -2.72. The lowest BCUT2D eigenvalue weighted by molar-refractivity contribution is -0.0670. The molecule has 28 heavy (non-hydrogen) atoms. The molecule has 1 atom stereocenters. The zero-order chi connectivity index (χ0) is 20.4. The van der Waals surface area contributed by atoms with Gasteiger partial charge in [-0.25, -0.2) is 0 Å². The molecule has 2 saturated heterocycles. The van der Waals surface area contributed by atoms with Crippen molar-refractivity contribution < 1.29 is 9.47 Å². The molecule has 0 saturated carbocycles. The molecule has 0 bridgehead atoms. The summed E-state index contributed by atoms with van der Waals surface area (Å²) in [6, 6.07) is 8.68. The van der Waals surface area contributed by atoms with E-state index < -0.39 is 0 Å². The highest BCUT2D eigenvalue weighted by Gasteiger charge is 2.53. The second-order valence-electron chi connectivity index (χ2n) is 8.89. The molecular weight excluding hydrogens is 352 g/mol. The maximum absolute atomic E-state index is 5.57. The maximum Gasteiger partial charge on any atom is 0.194 e. The van der Waals surface area contributed by atoms with Crippen LogP contribution in [0.5, 0.6) is 5.75 Å². The van der Waals surface area contributed by atoms with Crippen molar-refractivity contribution in [2.24, 2.45) is 10.4 Å². The molecule has 0 radical (unpaired) electrons. The summed E-state index contributed by atoms with van der Waals surface area (Å²) < 4.78 is 10.9. The number of likely N-dealkylation sites (tertiary alicyclic amines) is 1. The number of ether oxygens (including phenoxy) is 2. The summed E-state index contributed by atoms with van der Waals surface area (Å²) in [7, 11) is 3.58. The summed E-state index contributed by atoms with van der Waals surface area (Å²) in [6.07, 6.45) is 0. The van der Waals surface area contributed by atoms with Gasteiger partial charge in [0.1, 0.15) is 5.75 Å². The van der Waals surface area contributed by atoms with Gasteiger partial charge in [0.2, 0.25) is 0 Å². The minimum Gasteiger partial charge on any atom is -0.497 e. The van der Waals surface area contributed by atoms with Crippen LogP contribution in [0.15, 0.2) is 29.3 Å². The summed E-state index contributed by atoms with van der Waals surface area (Å²) in [4.78, 5) is 9.46. The maximum atomic E-state index is 5.57. The number of rotatable bonds is 5. The Morgan fingerprint density at radius 2 is 1.82 bits per heavy atom. The van der Waals surface area contributed by atoms with E-state index >= 15 is 0 Å². The SMILES string of the molecule is CN=C(NCC(c1ccc(OC)cc1)N1CCOCC1)N1CC(C)(C)C1(C)C. The van der Waals surface area contributed by atoms with E-state index in [2.05, 4.69) is 59.9 Å². The predicted molar refractivity (Wildman–Crippen MR) is 114 cm³/mol. The van der Waals surface area contributed by atoms with Crippen LogP contribution < -0.4 is 10.1 Å². The minimum atomic E-state index is 0.0867. The van der Waals surface area contributed by atoms with E-state index in [0.29, 0.717) is 0 Å². The lowest BCUT2D eigenvalue weighted by atomic mass is 9.65. The molecule has 0 spiro atoms. The van der Waals surface area contributed by atoms with Crippen LogP contribution >= 0.6 is 0 Å². The predicted octanol–water partition coefficient (Wildman–Crippen LogP) is 2.76. The van der Waals surface area contributed by atoms with Crippen molar-refractivity contribution in [2.45, 2.75) is 39.3 Å². The molecule has 3 rings (SSSR count). The van der Waals surface area contributed by atoms with E-state index in [1.807, 2.05) is 19.2 Å². The third kappa shape index (κ3) is 3.98. The van der Waals surface area contributed by atoms with Gasteiger partial charge in [0, 0.05) is 44.2 Å². The minimum absolute atomic E-state index is 0.0867. The van der Waals surface area contributed by atoms with Gasteiger partial charge in [-0.2, -0.15) is 0 Å². The third-order valence-corrected chi connectivity index (χ3v) is 6.79. The quantitative estimate of drug-likeness (QED) is 0.621. The topological polar surface area (TPSA) is 49.3 Å². The Morgan fingerprint density at radius 1 is 1.18 bits per heavy atom. The zero-order valence-corrected chi connectivity index (χ0v) is 18.3. The number of benzene rings is 1. The number of aliphatic imine (C=N–C) groups is 1. The Morgan fingerprint density at radius 3 is 2.32 bits per heavy atom. The van der Waals surface area contributed by atoms with Crippen molar-refractivity contribution in [1.82, 2.24) is 15.1 Å². The summed E-state index contributed by atoms with van der Waals surface area (Å²) in [6.45, 7) is 14.5. The molecule has 2 aliphatic heterocycles. The van der Waals surface area contributed by atoms with Crippen LogP contribution in [-0.4, -0.2) is 74.8 Å². The number of methoxy groups -OCH3 is 1. The Kier molecular flexibility index (Phi) is 6.20. The molecular formula is C22H36N4O2. The molecule has 1 unspecified atom stereocenters. The average Bonchev–Trinajstić information content (AvgIpc) is 2.71. The highest BCUT2D eigenvalue weighted by atomic mass is 16.5. The Balaban J connectivity index is 1.73. The average molecular weight is 389 g/mol. The second kappa shape index (κ2) is 8.29. The fraction of sp³-hybridized carbons (Fsp3) is 0.682. The normalized spacial score (nSPS) is 23.1. The smallest absolute Gasteiger partial charge is 0.194 e. The summed E-state index contributed by atoms with van der Waals surface area (Å²) in [5, 5.41) is 3.65. The monoisotopic (exact) mass is 388 g/mol. The Bertz CT molecular complexity index is 678. The molecule has 0 aliphatic carbocycles. The number of guanidine groups is 1. The second-order valence-corrected chi connectivity index (χ2v) is 8.89. The molecule has 156 valence electrons. The highest BCUT2D eigenvalue weighted by Crippen LogP contribution is 2.46. The molecule has 0 amide bonds. The van der Waals surface area contributed by atoms with Crippen molar-refractivity contribution in [2.75, 3.05) is 53.6 Å². The first kappa shape index (κ1) is 20.9. The van der Waals surface area contributed by atoms with Crippen LogP contribution in [0.2, 0.25) is 0 Å². The van der Waals surface area contributed by atoms with E-state index in [9.17, 15) is 0 Å². The molecule has 6 heteroatoms. The van der Waals surface area contributed by atoms with Crippen molar-refractivity contribution in [3.63, 3.8) is 0 Å². The van der Waals surface area contributed by atoms with Crippen LogP contribution in [0.4, 0.5) is 0 Å². The van der Waals surface area contributed by atoms with E-state index in [1.54, 1.807) is 7.11 Å². The number of hydrogen-bond donors (Lipinski definition) is 1.